The van der Waals surface area contributed by atoms with Gasteiger partial charge in [0.25, 0.3) is 0 Å². The van der Waals surface area contributed by atoms with Crippen LogP contribution in [-0.4, -0.2) is 51.9 Å². The third-order valence-electron chi connectivity index (χ3n) is 3.89. The fourth-order valence-corrected chi connectivity index (χ4v) is 3.18. The second-order valence-corrected chi connectivity index (χ2v) is 9.42. The lowest BCUT2D eigenvalue weighted by atomic mass is 10.1. The van der Waals surface area contributed by atoms with Crippen LogP contribution in [-0.2, 0) is 35.8 Å². The molecule has 186 valence electrons. The number of rotatable bonds is 11. The van der Waals surface area contributed by atoms with E-state index in [1.54, 1.807) is 25.5 Å². The summed E-state index contributed by atoms with van der Waals surface area (Å²) in [6.45, 7) is 4.64. The quantitative estimate of drug-likeness (QED) is 0.242. The molecule has 0 radical (unpaired) electrons. The largest absolute Gasteiger partial charge is 0.467 e. The highest BCUT2D eigenvalue weighted by molar-refractivity contribution is 7.88. The predicted molar refractivity (Wildman–Crippen MR) is 116 cm³/mol. The summed E-state index contributed by atoms with van der Waals surface area (Å²) in [6.07, 6.45) is -1.18. The lowest BCUT2D eigenvalue weighted by molar-refractivity contribution is -0.143. The highest BCUT2D eigenvalue weighted by Gasteiger charge is 2.23. The van der Waals surface area contributed by atoms with Gasteiger partial charge >= 0.3 is 28.4 Å². The molecule has 0 fully saturated rings. The van der Waals surface area contributed by atoms with Gasteiger partial charge in [-0.25, -0.2) is 23.5 Å². The van der Waals surface area contributed by atoms with E-state index in [-0.39, 0.29) is 19.6 Å². The van der Waals surface area contributed by atoms with Crippen molar-refractivity contribution < 1.29 is 41.4 Å². The molecule has 2 amide bonds. The summed E-state index contributed by atoms with van der Waals surface area (Å²) in [5.74, 6) is -1.11. The molecule has 0 saturated heterocycles. The number of esters is 1. The Morgan fingerprint density at radius 1 is 1.06 bits per heavy atom. The summed E-state index contributed by atoms with van der Waals surface area (Å²) in [5.41, 5.74) is -0.288. The first-order chi connectivity index (χ1) is 15.3. The molecular formula is C20H30FN3O8S. The second-order valence-electron chi connectivity index (χ2n) is 7.92. The predicted octanol–water partition coefficient (Wildman–Crippen LogP) is 2.12. The van der Waals surface area contributed by atoms with Crippen molar-refractivity contribution in [3.05, 3.63) is 35.6 Å². The number of hydrogen-bond acceptors (Lipinski definition) is 8. The number of hydrogen-bond donors (Lipinski definition) is 3. The molecule has 3 N–H and O–H groups in total. The Balaban J connectivity index is 2.41. The first kappa shape index (κ1) is 28.1. The van der Waals surface area contributed by atoms with Crippen molar-refractivity contribution in [1.29, 1.82) is 0 Å². The molecule has 1 unspecified atom stereocenters. The van der Waals surface area contributed by atoms with Crippen LogP contribution in [0.1, 0.15) is 45.6 Å². The van der Waals surface area contributed by atoms with Crippen LogP contribution in [0.3, 0.4) is 0 Å². The van der Waals surface area contributed by atoms with Crippen molar-refractivity contribution in [3.8, 4) is 0 Å². The van der Waals surface area contributed by atoms with E-state index in [1.807, 2.05) is 0 Å². The minimum Gasteiger partial charge on any atom is -0.467 e. The van der Waals surface area contributed by atoms with Crippen molar-refractivity contribution in [1.82, 2.24) is 14.8 Å². The number of carbonyl (C=O) groups is 3. The number of benzene rings is 1. The van der Waals surface area contributed by atoms with Crippen LogP contribution in [0.4, 0.5) is 14.0 Å². The highest BCUT2D eigenvalue weighted by Crippen LogP contribution is 2.08. The number of methoxy groups -OCH3 is 1. The van der Waals surface area contributed by atoms with E-state index in [4.69, 9.17) is 9.47 Å². The van der Waals surface area contributed by atoms with Crippen LogP contribution in [0.5, 0.6) is 0 Å². The van der Waals surface area contributed by atoms with Crippen molar-refractivity contribution in [2.45, 2.75) is 58.3 Å². The SMILES string of the molecule is COC(=O)C(CCCCNS(=O)(=O)NC(=O)OC(C)(C)C)NC(=O)OCc1ccc(F)cc1. The van der Waals surface area contributed by atoms with Gasteiger partial charge in [0.1, 0.15) is 24.1 Å². The number of unbranched alkanes of at least 4 members (excludes halogenated alkanes) is 1. The van der Waals surface area contributed by atoms with E-state index >= 15 is 0 Å². The first-order valence-electron chi connectivity index (χ1n) is 10.1. The first-order valence-corrected chi connectivity index (χ1v) is 11.6. The standard InChI is InChI=1S/C20H30FN3O8S/c1-20(2,3)32-19(27)24-33(28,29)22-12-6-5-7-16(17(25)30-4)23-18(26)31-13-14-8-10-15(21)11-9-14/h8-11,16,22H,5-7,12-13H2,1-4H3,(H,23,26)(H,24,27). The maximum atomic E-state index is 12.9. The molecule has 33 heavy (non-hydrogen) atoms. The number of nitrogens with one attached hydrogen (secondary N) is 3. The number of alkyl carbamates (subject to hydrolysis) is 1. The molecule has 0 saturated carbocycles. The highest BCUT2D eigenvalue weighted by atomic mass is 32.2. The molecule has 1 aromatic rings. The average Bonchev–Trinajstić information content (AvgIpc) is 2.69. The summed E-state index contributed by atoms with van der Waals surface area (Å²) in [5, 5.41) is 2.38. The van der Waals surface area contributed by atoms with Crippen LogP contribution in [0.15, 0.2) is 24.3 Å². The van der Waals surface area contributed by atoms with E-state index in [2.05, 4.69) is 14.8 Å². The zero-order valence-corrected chi connectivity index (χ0v) is 19.8. The number of carbonyl (C=O) groups excluding carboxylic acids is 3. The van der Waals surface area contributed by atoms with E-state index < -0.39 is 45.8 Å². The Labute approximate surface area is 192 Å². The van der Waals surface area contributed by atoms with Crippen molar-refractivity contribution in [3.63, 3.8) is 0 Å². The third kappa shape index (κ3) is 12.6. The van der Waals surface area contributed by atoms with Crippen LogP contribution in [0, 0.1) is 5.82 Å². The molecular weight excluding hydrogens is 461 g/mol. The summed E-state index contributed by atoms with van der Waals surface area (Å²) >= 11 is 0. The Morgan fingerprint density at radius 2 is 1.70 bits per heavy atom. The molecule has 0 aliphatic rings. The van der Waals surface area contributed by atoms with Gasteiger partial charge in [-0.05, 0) is 57.7 Å². The molecule has 13 heteroatoms. The Bertz CT molecular complexity index is 901. The molecule has 0 aromatic heterocycles. The minimum absolute atomic E-state index is 0.0267. The van der Waals surface area contributed by atoms with Gasteiger partial charge in [0.2, 0.25) is 0 Å². The number of halogens is 1. The van der Waals surface area contributed by atoms with Crippen LogP contribution in [0.25, 0.3) is 0 Å². The minimum atomic E-state index is -4.11. The molecule has 0 heterocycles. The normalized spacial score (nSPS) is 12.4. The second kappa shape index (κ2) is 12.9. The fourth-order valence-electron chi connectivity index (χ4n) is 2.43. The lowest BCUT2D eigenvalue weighted by Crippen LogP contribution is -2.43. The van der Waals surface area contributed by atoms with E-state index in [0.29, 0.717) is 18.4 Å². The maximum absolute atomic E-state index is 12.9. The van der Waals surface area contributed by atoms with Crippen LogP contribution < -0.4 is 14.8 Å². The van der Waals surface area contributed by atoms with Gasteiger partial charge in [0.15, 0.2) is 0 Å². The monoisotopic (exact) mass is 491 g/mol. The van der Waals surface area contributed by atoms with Crippen LogP contribution in [0.2, 0.25) is 0 Å². The molecule has 1 aromatic carbocycles. The Kier molecular flexibility index (Phi) is 11.0. The van der Waals surface area contributed by atoms with Gasteiger partial charge < -0.3 is 19.5 Å². The Hall–Kier alpha value is -2.93. The van der Waals surface area contributed by atoms with Crippen molar-refractivity contribution in [2.24, 2.45) is 0 Å². The molecule has 1 atom stereocenters. The zero-order chi connectivity index (χ0) is 25.1. The third-order valence-corrected chi connectivity index (χ3v) is 4.91. The van der Waals surface area contributed by atoms with E-state index in [9.17, 15) is 27.2 Å². The Morgan fingerprint density at radius 3 is 2.27 bits per heavy atom. The van der Waals surface area contributed by atoms with Gasteiger partial charge in [-0.15, -0.1) is 0 Å². The van der Waals surface area contributed by atoms with Gasteiger partial charge in [0, 0.05) is 6.54 Å². The van der Waals surface area contributed by atoms with Gasteiger partial charge in [-0.1, -0.05) is 12.1 Å². The molecule has 1 rings (SSSR count). The number of amides is 2. The van der Waals surface area contributed by atoms with Gasteiger partial charge in [0.05, 0.1) is 7.11 Å². The molecule has 0 spiro atoms. The van der Waals surface area contributed by atoms with Gasteiger partial charge in [-0.3, -0.25) is 0 Å². The van der Waals surface area contributed by atoms with Gasteiger partial charge in [-0.2, -0.15) is 13.1 Å². The van der Waals surface area contributed by atoms with Crippen molar-refractivity contribution >= 4 is 28.4 Å². The molecule has 0 aliphatic carbocycles. The molecule has 0 aliphatic heterocycles. The fraction of sp³-hybridized carbons (Fsp3) is 0.550. The van der Waals surface area contributed by atoms with Crippen LogP contribution >= 0.6 is 0 Å². The zero-order valence-electron chi connectivity index (χ0n) is 19.0. The summed E-state index contributed by atoms with van der Waals surface area (Å²) < 4.78 is 55.0. The number of ether oxygens (including phenoxy) is 3. The molecule has 0 bridgehead atoms. The smallest absolute Gasteiger partial charge is 0.422 e. The van der Waals surface area contributed by atoms with E-state index in [0.717, 1.165) is 7.11 Å². The topological polar surface area (TPSA) is 149 Å². The van der Waals surface area contributed by atoms with E-state index in [1.165, 1.54) is 24.3 Å². The maximum Gasteiger partial charge on any atom is 0.422 e. The average molecular weight is 492 g/mol. The summed E-state index contributed by atoms with van der Waals surface area (Å²) in [4.78, 5) is 35.4. The summed E-state index contributed by atoms with van der Waals surface area (Å²) in [6, 6.07) is 4.36. The van der Waals surface area contributed by atoms with Crippen molar-refractivity contribution in [2.75, 3.05) is 13.7 Å². The lowest BCUT2D eigenvalue weighted by Gasteiger charge is -2.19. The molecule has 11 nitrogen and oxygen atoms in total. The summed E-state index contributed by atoms with van der Waals surface area (Å²) in [7, 11) is -2.95.